The van der Waals surface area contributed by atoms with Crippen LogP contribution in [-0.4, -0.2) is 19.8 Å². The minimum atomic E-state index is 0.385. The van der Waals surface area contributed by atoms with Crippen LogP contribution in [-0.2, 0) is 4.74 Å². The fraction of sp³-hybridized carbons (Fsp3) is 0.467. The Morgan fingerprint density at radius 3 is 2.89 bits per heavy atom. The van der Waals surface area contributed by atoms with Gasteiger partial charge in [-0.05, 0) is 31.0 Å². The Balaban J connectivity index is 2.36. The molecule has 1 aromatic carbocycles. The largest absolute Gasteiger partial charge is 0.376 e. The molecule has 1 rings (SSSR count). The first-order chi connectivity index (χ1) is 8.63. The van der Waals surface area contributed by atoms with E-state index in [2.05, 4.69) is 52.9 Å². The number of hydrogen-bond donors (Lipinski definition) is 1. The van der Waals surface area contributed by atoms with E-state index in [-0.39, 0.29) is 0 Å². The van der Waals surface area contributed by atoms with Crippen molar-refractivity contribution in [1.29, 1.82) is 0 Å². The van der Waals surface area contributed by atoms with Crippen LogP contribution in [0.3, 0.4) is 0 Å². The topological polar surface area (TPSA) is 21.3 Å². The molecule has 3 heteroatoms. The van der Waals surface area contributed by atoms with E-state index in [0.29, 0.717) is 12.6 Å². The number of benzene rings is 1. The second-order valence-corrected chi connectivity index (χ2v) is 5.40. The summed E-state index contributed by atoms with van der Waals surface area (Å²) in [5.74, 6) is 0. The van der Waals surface area contributed by atoms with E-state index in [1.165, 1.54) is 5.56 Å². The highest BCUT2D eigenvalue weighted by Crippen LogP contribution is 2.20. The predicted octanol–water partition coefficient (Wildman–Crippen LogP) is 4.08. The van der Waals surface area contributed by atoms with E-state index in [9.17, 15) is 0 Å². The predicted molar refractivity (Wildman–Crippen MR) is 80.8 cm³/mol. The van der Waals surface area contributed by atoms with Crippen LogP contribution in [0.5, 0.6) is 0 Å². The Morgan fingerprint density at radius 2 is 2.28 bits per heavy atom. The summed E-state index contributed by atoms with van der Waals surface area (Å²) in [6.45, 7) is 10.2. The Kier molecular flexibility index (Phi) is 7.25. The molecule has 0 aliphatic carbocycles. The van der Waals surface area contributed by atoms with Crippen LogP contribution in [0.4, 0.5) is 0 Å². The lowest BCUT2D eigenvalue weighted by molar-refractivity contribution is 0.155. The maximum Gasteiger partial charge on any atom is 0.0672 e. The first kappa shape index (κ1) is 15.4. The lowest BCUT2D eigenvalue weighted by atomic mass is 10.0. The summed E-state index contributed by atoms with van der Waals surface area (Å²) >= 11 is 3.51. The molecular weight excluding hydrogens is 290 g/mol. The van der Waals surface area contributed by atoms with Crippen molar-refractivity contribution in [3.63, 3.8) is 0 Å². The van der Waals surface area contributed by atoms with Crippen molar-refractivity contribution in [2.45, 2.75) is 26.3 Å². The molecule has 0 heterocycles. The highest BCUT2D eigenvalue weighted by Gasteiger charge is 2.08. The van der Waals surface area contributed by atoms with Crippen LogP contribution in [0, 0.1) is 0 Å². The number of rotatable bonds is 8. The van der Waals surface area contributed by atoms with Crippen LogP contribution < -0.4 is 5.32 Å². The molecule has 2 nitrogen and oxygen atoms in total. The Labute approximate surface area is 119 Å². The SMILES string of the molecule is C=C(C)COCCNC(CC)c1cccc(Br)c1. The first-order valence-corrected chi connectivity index (χ1v) is 7.13. The molecule has 0 aliphatic heterocycles. The number of nitrogens with one attached hydrogen (secondary N) is 1. The quantitative estimate of drug-likeness (QED) is 0.577. The van der Waals surface area contributed by atoms with E-state index in [1.807, 2.05) is 13.0 Å². The van der Waals surface area contributed by atoms with Gasteiger partial charge in [0.15, 0.2) is 0 Å². The van der Waals surface area contributed by atoms with Gasteiger partial charge in [0.2, 0.25) is 0 Å². The molecule has 0 aliphatic rings. The van der Waals surface area contributed by atoms with Gasteiger partial charge in [0, 0.05) is 17.1 Å². The number of ether oxygens (including phenoxy) is 1. The van der Waals surface area contributed by atoms with Gasteiger partial charge in [0.05, 0.1) is 13.2 Å². The second-order valence-electron chi connectivity index (χ2n) is 4.48. The van der Waals surface area contributed by atoms with Crippen molar-refractivity contribution in [2.24, 2.45) is 0 Å². The van der Waals surface area contributed by atoms with Gasteiger partial charge >= 0.3 is 0 Å². The van der Waals surface area contributed by atoms with Crippen LogP contribution in [0.1, 0.15) is 31.9 Å². The third-order valence-corrected chi connectivity index (χ3v) is 3.14. The van der Waals surface area contributed by atoms with Crippen molar-refractivity contribution >= 4 is 15.9 Å². The highest BCUT2D eigenvalue weighted by atomic mass is 79.9. The zero-order valence-corrected chi connectivity index (χ0v) is 12.8. The highest BCUT2D eigenvalue weighted by molar-refractivity contribution is 9.10. The van der Waals surface area contributed by atoms with E-state index in [1.54, 1.807) is 0 Å². The molecule has 0 amide bonds. The number of hydrogen-bond acceptors (Lipinski definition) is 2. The molecule has 100 valence electrons. The second kappa shape index (κ2) is 8.46. The third kappa shape index (κ3) is 5.80. The average Bonchev–Trinajstić information content (AvgIpc) is 2.33. The van der Waals surface area contributed by atoms with E-state index in [4.69, 9.17) is 4.74 Å². The van der Waals surface area contributed by atoms with Gasteiger partial charge in [-0.2, -0.15) is 0 Å². The minimum Gasteiger partial charge on any atom is -0.376 e. The molecule has 0 spiro atoms. The summed E-state index contributed by atoms with van der Waals surface area (Å²) in [6.07, 6.45) is 1.07. The lowest BCUT2D eigenvalue weighted by Gasteiger charge is -2.17. The van der Waals surface area contributed by atoms with Crippen LogP contribution >= 0.6 is 15.9 Å². The normalized spacial score (nSPS) is 12.4. The monoisotopic (exact) mass is 311 g/mol. The van der Waals surface area contributed by atoms with Gasteiger partial charge in [-0.25, -0.2) is 0 Å². The molecule has 0 fully saturated rings. The minimum absolute atomic E-state index is 0.385. The average molecular weight is 312 g/mol. The summed E-state index contributed by atoms with van der Waals surface area (Å²) < 4.78 is 6.60. The fourth-order valence-electron chi connectivity index (χ4n) is 1.77. The summed E-state index contributed by atoms with van der Waals surface area (Å²) in [6, 6.07) is 8.82. The molecule has 0 radical (unpaired) electrons. The molecule has 0 saturated carbocycles. The fourth-order valence-corrected chi connectivity index (χ4v) is 2.19. The van der Waals surface area contributed by atoms with Crippen molar-refractivity contribution in [3.05, 3.63) is 46.5 Å². The summed E-state index contributed by atoms with van der Waals surface area (Å²) in [5.41, 5.74) is 2.38. The summed E-state index contributed by atoms with van der Waals surface area (Å²) in [7, 11) is 0. The van der Waals surface area contributed by atoms with Crippen LogP contribution in [0.25, 0.3) is 0 Å². The van der Waals surface area contributed by atoms with Crippen molar-refractivity contribution in [1.82, 2.24) is 5.32 Å². The van der Waals surface area contributed by atoms with Crippen LogP contribution in [0.15, 0.2) is 40.9 Å². The van der Waals surface area contributed by atoms with Gasteiger partial charge in [-0.3, -0.25) is 0 Å². The molecule has 18 heavy (non-hydrogen) atoms. The molecule has 1 atom stereocenters. The van der Waals surface area contributed by atoms with E-state index < -0.39 is 0 Å². The molecule has 0 saturated heterocycles. The van der Waals surface area contributed by atoms with Crippen molar-refractivity contribution < 1.29 is 4.74 Å². The van der Waals surface area contributed by atoms with Gasteiger partial charge in [-0.15, -0.1) is 0 Å². The molecule has 0 bridgehead atoms. The molecule has 1 N–H and O–H groups in total. The molecule has 1 aromatic rings. The maximum atomic E-state index is 5.48. The third-order valence-electron chi connectivity index (χ3n) is 2.64. The van der Waals surface area contributed by atoms with Gasteiger partial charge in [0.1, 0.15) is 0 Å². The standard InChI is InChI=1S/C15H22BrNO/c1-4-15(13-6-5-7-14(16)10-13)17-8-9-18-11-12(2)3/h5-7,10,15,17H,2,4,8-9,11H2,1,3H3. The Bertz CT molecular complexity index is 379. The maximum absolute atomic E-state index is 5.48. The molecular formula is C15H22BrNO. The lowest BCUT2D eigenvalue weighted by Crippen LogP contribution is -2.25. The van der Waals surface area contributed by atoms with E-state index in [0.717, 1.165) is 29.6 Å². The molecule has 1 unspecified atom stereocenters. The first-order valence-electron chi connectivity index (χ1n) is 6.34. The Hall–Kier alpha value is -0.640. The molecule has 0 aromatic heterocycles. The van der Waals surface area contributed by atoms with Gasteiger partial charge in [0.25, 0.3) is 0 Å². The van der Waals surface area contributed by atoms with Gasteiger partial charge < -0.3 is 10.1 Å². The van der Waals surface area contributed by atoms with Crippen LogP contribution in [0.2, 0.25) is 0 Å². The van der Waals surface area contributed by atoms with E-state index >= 15 is 0 Å². The summed E-state index contributed by atoms with van der Waals surface area (Å²) in [5, 5.41) is 3.51. The number of halogens is 1. The van der Waals surface area contributed by atoms with Crippen molar-refractivity contribution in [2.75, 3.05) is 19.8 Å². The Morgan fingerprint density at radius 1 is 1.50 bits per heavy atom. The zero-order valence-electron chi connectivity index (χ0n) is 11.2. The smallest absolute Gasteiger partial charge is 0.0672 e. The zero-order chi connectivity index (χ0) is 13.4. The van der Waals surface area contributed by atoms with Gasteiger partial charge in [-0.1, -0.05) is 47.1 Å². The van der Waals surface area contributed by atoms with Crippen molar-refractivity contribution in [3.8, 4) is 0 Å². The summed E-state index contributed by atoms with van der Waals surface area (Å²) in [4.78, 5) is 0.